The summed E-state index contributed by atoms with van der Waals surface area (Å²) < 4.78 is 70.0. The molecule has 3 aromatic heterocycles. The summed E-state index contributed by atoms with van der Waals surface area (Å²) in [5.41, 5.74) is 4.75. The molecule has 8 atom stereocenters. The van der Waals surface area contributed by atoms with Gasteiger partial charge in [0.25, 0.3) is 5.91 Å². The van der Waals surface area contributed by atoms with Crippen LogP contribution >= 0.6 is 59.2 Å². The highest BCUT2D eigenvalue weighted by atomic mass is 32.2. The molecule has 27 nitrogen and oxygen atoms in total. The van der Waals surface area contributed by atoms with Crippen molar-refractivity contribution in [3.8, 4) is 5.75 Å². The highest BCUT2D eigenvalue weighted by Gasteiger charge is 2.50. The van der Waals surface area contributed by atoms with E-state index in [1.54, 1.807) is 6.07 Å². The number of aliphatic imine (C=N–C) groups is 1. The third-order valence-corrected chi connectivity index (χ3v) is 14.7. The minimum absolute atomic E-state index is 0.0150. The van der Waals surface area contributed by atoms with E-state index in [9.17, 15) is 57.9 Å². The predicted octanol–water partition coefficient (Wildman–Crippen LogP) is 0.763. The van der Waals surface area contributed by atoms with Gasteiger partial charge in [-0.25, -0.2) is 38.4 Å². The molecule has 33 heteroatoms. The third-order valence-electron chi connectivity index (χ3n) is 9.18. The average molecular weight is 1030 g/mol. The van der Waals surface area contributed by atoms with Gasteiger partial charge in [0.1, 0.15) is 46.0 Å². The number of esters is 1. The number of thioether (sulfide) groups is 1. The van der Waals surface area contributed by atoms with Crippen molar-refractivity contribution in [2.24, 2.45) is 10.4 Å². The molecule has 0 radical (unpaired) electrons. The summed E-state index contributed by atoms with van der Waals surface area (Å²) in [5, 5.41) is 26.7. The molecular formula is C32H42N9O18P3S3. The molecule has 2 aliphatic heterocycles. The van der Waals surface area contributed by atoms with Gasteiger partial charge in [0.05, 0.1) is 29.8 Å². The number of benzene rings is 1. The van der Waals surface area contributed by atoms with E-state index in [4.69, 9.17) is 28.8 Å². The SMILES string of the molecule is CC(C)(COP(=O)(O)OP(=O)(O)OC[C@H]1O[C@@H](n2cnc3c(N)ncnc32)[C@H](O)[C@@H]1OP(=O)(O)O)[C@@H](OC(=O)[C@H]1CSC(c2nc3ccc(O)cc3s2)=N1)C(=O)NCCC(=O)NCCS. The van der Waals surface area contributed by atoms with Crippen molar-refractivity contribution >= 4 is 109 Å². The quantitative estimate of drug-likeness (QED) is 0.0313. The average Bonchev–Trinajstić information content (AvgIpc) is 4.03. The first-order valence-corrected chi connectivity index (χ1v) is 25.7. The number of aliphatic hydroxyl groups is 1. The second kappa shape index (κ2) is 20.7. The van der Waals surface area contributed by atoms with Crippen molar-refractivity contribution in [2.45, 2.75) is 57.0 Å². The Morgan fingerprint density at radius 1 is 1.08 bits per heavy atom. The molecule has 1 saturated heterocycles. The number of rotatable bonds is 21. The number of aliphatic hydroxyl groups excluding tert-OH is 1. The largest absolute Gasteiger partial charge is 0.508 e. The van der Waals surface area contributed by atoms with Gasteiger partial charge in [-0.1, -0.05) is 13.8 Å². The molecule has 6 rings (SSSR count). The number of thiazole rings is 1. The van der Waals surface area contributed by atoms with Crippen molar-refractivity contribution in [3.63, 3.8) is 0 Å². The predicted molar refractivity (Wildman–Crippen MR) is 231 cm³/mol. The zero-order valence-corrected chi connectivity index (χ0v) is 39.0. The van der Waals surface area contributed by atoms with E-state index in [0.717, 1.165) is 17.2 Å². The maximum atomic E-state index is 13.6. The number of nitrogens with one attached hydrogen (secondary N) is 2. The number of nitrogens with two attached hydrogens (primary N) is 1. The van der Waals surface area contributed by atoms with Crippen LogP contribution in [0.1, 0.15) is 31.5 Å². The summed E-state index contributed by atoms with van der Waals surface area (Å²) >= 11 is 6.43. The van der Waals surface area contributed by atoms with E-state index in [1.165, 1.54) is 49.1 Å². The van der Waals surface area contributed by atoms with Crippen molar-refractivity contribution in [2.75, 3.05) is 43.5 Å². The Kier molecular flexibility index (Phi) is 16.1. The summed E-state index contributed by atoms with van der Waals surface area (Å²) in [6, 6.07) is 3.47. The molecule has 4 aromatic rings. The summed E-state index contributed by atoms with van der Waals surface area (Å²) in [5.74, 6) is -1.94. The molecule has 2 unspecified atom stereocenters. The Morgan fingerprint density at radius 2 is 1.82 bits per heavy atom. The molecule has 356 valence electrons. The zero-order chi connectivity index (χ0) is 47.5. The number of phosphoric ester groups is 3. The first kappa shape index (κ1) is 50.7. The van der Waals surface area contributed by atoms with E-state index in [1.807, 2.05) is 0 Å². The van der Waals surface area contributed by atoms with E-state index in [0.29, 0.717) is 26.0 Å². The van der Waals surface area contributed by atoms with Crippen LogP contribution in [-0.4, -0.2) is 145 Å². The van der Waals surface area contributed by atoms with Crippen LogP contribution in [0.15, 0.2) is 35.8 Å². The normalized spacial score (nSPS) is 22.6. The number of fused-ring (bicyclic) bond motifs is 2. The minimum Gasteiger partial charge on any atom is -0.508 e. The molecule has 10 N–H and O–H groups in total. The van der Waals surface area contributed by atoms with Crippen LogP contribution in [0.2, 0.25) is 0 Å². The number of anilines is 1. The Labute approximate surface area is 380 Å². The van der Waals surface area contributed by atoms with Crippen molar-refractivity contribution in [1.29, 1.82) is 0 Å². The molecule has 2 amide bonds. The first-order chi connectivity index (χ1) is 30.5. The lowest BCUT2D eigenvalue weighted by molar-refractivity contribution is -0.165. The van der Waals surface area contributed by atoms with Gasteiger partial charge >= 0.3 is 29.4 Å². The second-order valence-electron chi connectivity index (χ2n) is 14.6. The molecule has 0 bridgehead atoms. The fourth-order valence-electron chi connectivity index (χ4n) is 6.15. The molecular weight excluding hydrogens is 988 g/mol. The monoisotopic (exact) mass is 1030 g/mol. The molecule has 2 aliphatic rings. The Morgan fingerprint density at radius 3 is 2.54 bits per heavy atom. The molecule has 65 heavy (non-hydrogen) atoms. The number of phosphoric acid groups is 3. The first-order valence-electron chi connectivity index (χ1n) is 18.8. The topological polar surface area (TPSA) is 398 Å². The van der Waals surface area contributed by atoms with E-state index in [-0.39, 0.29) is 48.0 Å². The standard InChI is InChI=1S/C32H42N9O18P3S3/c1-32(2,24(27(45)35-6-5-20(43)34-7-8-63)57-31(46)17-11-64-28(40-17)29-39-16-4-3-15(42)9-19(16)65-29)12-55-62(52,53)59-61(50,51)54-10-18-23(58-60(47,48)49)22(44)30(56-18)41-14-38-21-25(33)36-13-37-26(21)41/h3-4,9,13-14,17-18,22-24,30,42,44,63H,5-8,10-12H2,1-2H3,(H,34,43)(H,35,45)(H,50,51)(H,52,53)(H2,33,36,37)(H2,47,48,49)/t17-,18-,22-,23-,24+,30-/m1/s1. The number of imidazole rings is 1. The van der Waals surface area contributed by atoms with E-state index in [2.05, 4.69) is 52.5 Å². The number of thiol groups is 1. The van der Waals surface area contributed by atoms with Crippen molar-refractivity contribution < 1.29 is 85.2 Å². The van der Waals surface area contributed by atoms with Crippen LogP contribution in [0.4, 0.5) is 5.82 Å². The summed E-state index contributed by atoms with van der Waals surface area (Å²) in [6.45, 7) is 0.491. The van der Waals surface area contributed by atoms with Gasteiger partial charge < -0.3 is 55.6 Å². The van der Waals surface area contributed by atoms with Gasteiger partial charge in [-0.2, -0.15) is 16.9 Å². The number of aromatic nitrogens is 5. The number of nitrogens with zero attached hydrogens (tertiary/aromatic N) is 6. The summed E-state index contributed by atoms with van der Waals surface area (Å²) in [7, 11) is -16.7. The van der Waals surface area contributed by atoms with Crippen molar-refractivity contribution in [1.82, 2.24) is 35.1 Å². The van der Waals surface area contributed by atoms with Crippen LogP contribution in [-0.2, 0) is 55.4 Å². The van der Waals surface area contributed by atoms with Gasteiger partial charge in [0, 0.05) is 36.4 Å². The number of amides is 2. The van der Waals surface area contributed by atoms with Crippen molar-refractivity contribution in [3.05, 3.63) is 35.9 Å². The van der Waals surface area contributed by atoms with Crippen LogP contribution in [0.3, 0.4) is 0 Å². The Hall–Kier alpha value is -3.67. The smallest absolute Gasteiger partial charge is 0.481 e. The van der Waals surface area contributed by atoms with Crippen LogP contribution in [0.5, 0.6) is 5.75 Å². The van der Waals surface area contributed by atoms with Gasteiger partial charge in [-0.05, 0) is 18.2 Å². The number of nitrogen functional groups attached to an aromatic ring is 1. The lowest BCUT2D eigenvalue weighted by atomic mass is 9.86. The fourth-order valence-corrected chi connectivity index (χ4v) is 11.2. The van der Waals surface area contributed by atoms with Gasteiger partial charge in [0.2, 0.25) is 5.91 Å². The number of carbonyl (C=O) groups excluding carboxylic acids is 3. The van der Waals surface area contributed by atoms with Crippen LogP contribution < -0.4 is 16.4 Å². The molecule has 1 fully saturated rings. The van der Waals surface area contributed by atoms with Crippen LogP contribution in [0.25, 0.3) is 21.4 Å². The van der Waals surface area contributed by atoms with Gasteiger partial charge in [0.15, 0.2) is 29.8 Å². The second-order valence-corrected chi connectivity index (χ2v) is 21.4. The number of hydrogen-bond acceptors (Lipinski definition) is 23. The maximum absolute atomic E-state index is 13.6. The number of aromatic hydroxyl groups is 1. The number of ether oxygens (including phenoxy) is 2. The molecule has 0 saturated carbocycles. The minimum atomic E-state index is -5.67. The lowest BCUT2D eigenvalue weighted by Gasteiger charge is -2.33. The highest BCUT2D eigenvalue weighted by molar-refractivity contribution is 8.15. The lowest BCUT2D eigenvalue weighted by Crippen LogP contribution is -2.50. The zero-order valence-electron chi connectivity index (χ0n) is 33.7. The molecule has 0 aliphatic carbocycles. The molecule has 0 spiro atoms. The number of carbonyl (C=O) groups is 3. The summed E-state index contributed by atoms with van der Waals surface area (Å²) in [4.78, 5) is 100. The molecule has 1 aromatic carbocycles. The maximum Gasteiger partial charge on any atom is 0.481 e. The fraction of sp³-hybridized carbons (Fsp3) is 0.500. The van der Waals surface area contributed by atoms with Gasteiger partial charge in [-0.15, -0.1) is 23.1 Å². The third kappa shape index (κ3) is 13.1. The Balaban J connectivity index is 1.12. The number of phenolic OH excluding ortho intramolecular Hbond substituents is 1. The highest BCUT2D eigenvalue weighted by Crippen LogP contribution is 2.61. The van der Waals surface area contributed by atoms with Gasteiger partial charge in [-0.3, -0.25) is 32.7 Å². The van der Waals surface area contributed by atoms with E-state index >= 15 is 0 Å². The number of hydrogen-bond donors (Lipinski definition) is 10. The molecule has 5 heterocycles. The van der Waals surface area contributed by atoms with Crippen LogP contribution in [0, 0.1) is 5.41 Å². The summed E-state index contributed by atoms with van der Waals surface area (Å²) in [6.07, 6.45) is -7.00. The number of phenols is 1. The van der Waals surface area contributed by atoms with E-state index < -0.39 is 96.6 Å². The Bertz CT molecular complexity index is 2600.